The zero-order valence-corrected chi connectivity index (χ0v) is 16.4. The molecule has 154 valence electrons. The van der Waals surface area contributed by atoms with Gasteiger partial charge in [0.15, 0.2) is 0 Å². The largest absolute Gasteiger partial charge is 0.497 e. The molecular formula is C19H17ClF3N3O3. The van der Waals surface area contributed by atoms with Gasteiger partial charge in [0.1, 0.15) is 11.4 Å². The van der Waals surface area contributed by atoms with Gasteiger partial charge in [0.25, 0.3) is 0 Å². The fraction of sp³-hybridized carbons (Fsp3) is 0.211. The Morgan fingerprint density at radius 1 is 1.14 bits per heavy atom. The molecule has 0 saturated heterocycles. The zero-order valence-electron chi connectivity index (χ0n) is 15.7. The molecule has 0 saturated carbocycles. The Labute approximate surface area is 169 Å². The number of nitrogens with one attached hydrogen (secondary N) is 1. The Kier molecular flexibility index (Phi) is 6.86. The molecular weight excluding hydrogens is 411 g/mol. The molecule has 0 bridgehead atoms. The van der Waals surface area contributed by atoms with Crippen LogP contribution >= 0.6 is 11.6 Å². The number of fused-ring (bicyclic) bond motifs is 1. The van der Waals surface area contributed by atoms with Crippen molar-refractivity contribution in [2.24, 2.45) is 0 Å². The molecule has 6 nitrogen and oxygen atoms in total. The summed E-state index contributed by atoms with van der Waals surface area (Å²) < 4.78 is 43.9. The first kappa shape index (κ1) is 22.2. The van der Waals surface area contributed by atoms with Crippen LogP contribution in [0.2, 0.25) is 5.15 Å². The number of nitro groups is 1. The molecule has 0 spiro atoms. The van der Waals surface area contributed by atoms with E-state index in [0.717, 1.165) is 18.2 Å². The van der Waals surface area contributed by atoms with Crippen molar-refractivity contribution in [2.75, 3.05) is 12.4 Å². The zero-order chi connectivity index (χ0) is 21.8. The Balaban J connectivity index is 0.00000145. The van der Waals surface area contributed by atoms with Crippen molar-refractivity contribution in [1.29, 1.82) is 0 Å². The van der Waals surface area contributed by atoms with E-state index in [0.29, 0.717) is 11.4 Å². The summed E-state index contributed by atoms with van der Waals surface area (Å²) in [5.41, 5.74) is -1.16. The minimum atomic E-state index is -4.58. The second kappa shape index (κ2) is 8.95. The van der Waals surface area contributed by atoms with Crippen LogP contribution in [0.25, 0.3) is 10.9 Å². The number of rotatable bonds is 4. The molecule has 0 radical (unpaired) electrons. The highest BCUT2D eigenvalue weighted by Gasteiger charge is 2.32. The molecule has 0 unspecified atom stereocenters. The lowest BCUT2D eigenvalue weighted by Gasteiger charge is -2.13. The molecule has 0 aliphatic carbocycles. The highest BCUT2D eigenvalue weighted by Crippen LogP contribution is 2.41. The Morgan fingerprint density at radius 3 is 2.28 bits per heavy atom. The van der Waals surface area contributed by atoms with Crippen LogP contribution in [-0.4, -0.2) is 17.0 Å². The van der Waals surface area contributed by atoms with Crippen LogP contribution in [-0.2, 0) is 6.18 Å². The summed E-state index contributed by atoms with van der Waals surface area (Å²) in [5, 5.41) is 13.9. The monoisotopic (exact) mass is 427 g/mol. The topological polar surface area (TPSA) is 77.3 Å². The van der Waals surface area contributed by atoms with E-state index < -0.39 is 27.5 Å². The van der Waals surface area contributed by atoms with Crippen molar-refractivity contribution in [2.45, 2.75) is 20.0 Å². The SMILES string of the molecule is CC.COc1ccc(Nc2c([N+](=O)[O-])c(Cl)nc3cc(C(F)(F)F)ccc23)cc1. The van der Waals surface area contributed by atoms with Gasteiger partial charge in [-0.15, -0.1) is 0 Å². The van der Waals surface area contributed by atoms with Gasteiger partial charge in [-0.05, 0) is 42.5 Å². The second-order valence-electron chi connectivity index (χ2n) is 5.47. The minimum Gasteiger partial charge on any atom is -0.497 e. The minimum absolute atomic E-state index is 0.0473. The number of methoxy groups -OCH3 is 1. The first-order valence-electron chi connectivity index (χ1n) is 8.46. The van der Waals surface area contributed by atoms with Crippen LogP contribution in [0.4, 0.5) is 30.2 Å². The van der Waals surface area contributed by atoms with Crippen molar-refractivity contribution in [3.8, 4) is 5.75 Å². The fourth-order valence-corrected chi connectivity index (χ4v) is 2.77. The predicted octanol–water partition coefficient (Wildman–Crippen LogP) is 6.59. The van der Waals surface area contributed by atoms with Crippen molar-refractivity contribution in [3.05, 3.63) is 63.3 Å². The molecule has 0 aliphatic heterocycles. The molecule has 1 aromatic heterocycles. The average Bonchev–Trinajstić information content (AvgIpc) is 2.68. The van der Waals surface area contributed by atoms with Crippen molar-refractivity contribution in [3.63, 3.8) is 0 Å². The predicted molar refractivity (Wildman–Crippen MR) is 106 cm³/mol. The van der Waals surface area contributed by atoms with E-state index in [4.69, 9.17) is 16.3 Å². The summed E-state index contributed by atoms with van der Waals surface area (Å²) in [4.78, 5) is 14.5. The molecule has 0 amide bonds. The van der Waals surface area contributed by atoms with E-state index in [1.165, 1.54) is 7.11 Å². The number of halogens is 4. The highest BCUT2D eigenvalue weighted by molar-refractivity contribution is 6.33. The lowest BCUT2D eigenvalue weighted by molar-refractivity contribution is -0.383. The molecule has 1 heterocycles. The molecule has 29 heavy (non-hydrogen) atoms. The van der Waals surface area contributed by atoms with Gasteiger partial charge in [0, 0.05) is 11.1 Å². The van der Waals surface area contributed by atoms with E-state index in [9.17, 15) is 23.3 Å². The van der Waals surface area contributed by atoms with Gasteiger partial charge < -0.3 is 10.1 Å². The molecule has 0 aliphatic rings. The standard InChI is InChI=1S/C17H11ClF3N3O3.C2H6/c1-27-11-5-3-10(4-6-11)22-14-12-7-2-9(17(19,20)21)8-13(12)23-16(18)15(14)24(25)26;1-2/h2-8H,1H3,(H,22,23);1-2H3. The quantitative estimate of drug-likeness (QED) is 0.288. The summed E-state index contributed by atoms with van der Waals surface area (Å²) >= 11 is 5.89. The van der Waals surface area contributed by atoms with Gasteiger partial charge in [-0.3, -0.25) is 10.1 Å². The molecule has 3 rings (SSSR count). The van der Waals surface area contributed by atoms with Crippen molar-refractivity contribution < 1.29 is 22.8 Å². The van der Waals surface area contributed by atoms with E-state index >= 15 is 0 Å². The van der Waals surface area contributed by atoms with Gasteiger partial charge in [0.2, 0.25) is 5.15 Å². The number of hydrogen-bond donors (Lipinski definition) is 1. The molecule has 1 N–H and O–H groups in total. The number of pyridine rings is 1. The van der Waals surface area contributed by atoms with Crippen LogP contribution in [0.1, 0.15) is 19.4 Å². The van der Waals surface area contributed by atoms with E-state index in [1.54, 1.807) is 24.3 Å². The van der Waals surface area contributed by atoms with Crippen LogP contribution < -0.4 is 10.1 Å². The van der Waals surface area contributed by atoms with Gasteiger partial charge in [-0.25, -0.2) is 4.98 Å². The normalized spacial score (nSPS) is 10.9. The molecule has 2 aromatic carbocycles. The van der Waals surface area contributed by atoms with Gasteiger partial charge in [-0.1, -0.05) is 25.4 Å². The first-order valence-corrected chi connectivity index (χ1v) is 8.84. The molecule has 0 fully saturated rings. The van der Waals surface area contributed by atoms with E-state index in [2.05, 4.69) is 10.3 Å². The van der Waals surface area contributed by atoms with Gasteiger partial charge in [0.05, 0.1) is 23.1 Å². The number of anilines is 2. The molecule has 10 heteroatoms. The van der Waals surface area contributed by atoms with Crippen LogP contribution in [0.15, 0.2) is 42.5 Å². The maximum atomic E-state index is 12.9. The number of alkyl halides is 3. The van der Waals surface area contributed by atoms with Crippen LogP contribution in [0.3, 0.4) is 0 Å². The third-order valence-electron chi connectivity index (χ3n) is 3.79. The van der Waals surface area contributed by atoms with Crippen molar-refractivity contribution in [1.82, 2.24) is 4.98 Å². The number of aromatic nitrogens is 1. The molecule has 3 aromatic rings. The number of ether oxygens (including phenoxy) is 1. The number of nitrogens with zero attached hydrogens (tertiary/aromatic N) is 2. The fourth-order valence-electron chi connectivity index (χ4n) is 2.51. The smallest absolute Gasteiger partial charge is 0.416 e. The van der Waals surface area contributed by atoms with Crippen molar-refractivity contribution >= 4 is 39.6 Å². The summed E-state index contributed by atoms with van der Waals surface area (Å²) in [7, 11) is 1.49. The second-order valence-corrected chi connectivity index (χ2v) is 5.82. The van der Waals surface area contributed by atoms with Crippen LogP contribution in [0.5, 0.6) is 5.75 Å². The molecule has 0 atom stereocenters. The average molecular weight is 428 g/mol. The van der Waals surface area contributed by atoms with Gasteiger partial charge >= 0.3 is 11.9 Å². The van der Waals surface area contributed by atoms with E-state index in [-0.39, 0.29) is 16.6 Å². The first-order chi connectivity index (χ1) is 13.7. The Hall–Kier alpha value is -3.07. The summed E-state index contributed by atoms with van der Waals surface area (Å²) in [6.07, 6.45) is -4.58. The van der Waals surface area contributed by atoms with E-state index in [1.807, 2.05) is 13.8 Å². The summed E-state index contributed by atoms with van der Waals surface area (Å²) in [6, 6.07) is 9.22. The highest BCUT2D eigenvalue weighted by atomic mass is 35.5. The number of hydrogen-bond acceptors (Lipinski definition) is 5. The summed E-state index contributed by atoms with van der Waals surface area (Å²) in [6.45, 7) is 4.00. The lowest BCUT2D eigenvalue weighted by Crippen LogP contribution is -2.06. The maximum absolute atomic E-state index is 12.9. The number of benzene rings is 2. The third kappa shape index (κ3) is 4.86. The van der Waals surface area contributed by atoms with Crippen LogP contribution in [0, 0.1) is 10.1 Å². The Bertz CT molecular complexity index is 1030. The maximum Gasteiger partial charge on any atom is 0.416 e. The summed E-state index contributed by atoms with van der Waals surface area (Å²) in [5.74, 6) is 0.572. The van der Waals surface area contributed by atoms with Gasteiger partial charge in [-0.2, -0.15) is 13.2 Å². The third-order valence-corrected chi connectivity index (χ3v) is 4.05. The lowest BCUT2D eigenvalue weighted by atomic mass is 10.1. The Morgan fingerprint density at radius 2 is 1.76 bits per heavy atom.